The molecule has 1 fully saturated rings. The number of ether oxygens (including phenoxy) is 1. The Morgan fingerprint density at radius 1 is 1.25 bits per heavy atom. The molecule has 1 saturated heterocycles. The van der Waals surface area contributed by atoms with Crippen molar-refractivity contribution >= 4 is 17.8 Å². The number of carbonyl (C=O) groups excluding carboxylic acids is 3. The van der Waals surface area contributed by atoms with E-state index in [1.807, 2.05) is 51.1 Å². The van der Waals surface area contributed by atoms with Crippen LogP contribution in [0.5, 0.6) is 0 Å². The highest BCUT2D eigenvalue weighted by Crippen LogP contribution is 2.35. The molecule has 0 saturated carbocycles. The first kappa shape index (κ1) is 18.0. The van der Waals surface area contributed by atoms with Gasteiger partial charge in [0.15, 0.2) is 0 Å². The molecule has 130 valence electrons. The summed E-state index contributed by atoms with van der Waals surface area (Å²) in [5.74, 6) is -1.62. The number of amides is 2. The first-order chi connectivity index (χ1) is 11.1. The van der Waals surface area contributed by atoms with Crippen LogP contribution in [0.4, 0.5) is 0 Å². The summed E-state index contributed by atoms with van der Waals surface area (Å²) in [6, 6.07) is 8.75. The zero-order chi connectivity index (χ0) is 18.1. The molecule has 1 aliphatic rings. The second-order valence-corrected chi connectivity index (χ2v) is 7.19. The maximum Gasteiger partial charge on any atom is 0.341 e. The van der Waals surface area contributed by atoms with Crippen molar-refractivity contribution in [1.82, 2.24) is 10.2 Å². The van der Waals surface area contributed by atoms with E-state index in [2.05, 4.69) is 5.32 Å². The molecule has 1 aromatic carbocycles. The number of nitrogens with one attached hydrogen (secondary N) is 1. The molecule has 6 nitrogen and oxygen atoms in total. The summed E-state index contributed by atoms with van der Waals surface area (Å²) in [6.45, 7) is 8.27. The van der Waals surface area contributed by atoms with Crippen LogP contribution in [0.2, 0.25) is 0 Å². The molecule has 1 N–H and O–H groups in total. The fourth-order valence-electron chi connectivity index (χ4n) is 2.90. The number of rotatable bonds is 2. The van der Waals surface area contributed by atoms with Crippen LogP contribution in [0.15, 0.2) is 30.3 Å². The molecule has 24 heavy (non-hydrogen) atoms. The molecule has 0 aromatic heterocycles. The summed E-state index contributed by atoms with van der Waals surface area (Å²) in [5, 5.41) is 2.78. The van der Waals surface area contributed by atoms with E-state index < -0.39 is 29.0 Å². The SMILES string of the molecule is CC(=O)N1[C@@H](c2ccccc2)COC(=O)[C@]1(C)C(=O)NC(C)(C)C. The number of morpholine rings is 1. The van der Waals surface area contributed by atoms with Crippen LogP contribution in [0.1, 0.15) is 46.2 Å². The number of carbonyl (C=O) groups is 3. The van der Waals surface area contributed by atoms with Crippen LogP contribution in [0.25, 0.3) is 0 Å². The standard InChI is InChI=1S/C18H24N2O4/c1-12(21)20-14(13-9-7-6-8-10-13)11-24-16(23)18(20,5)15(22)19-17(2,3)4/h6-10,14H,11H2,1-5H3,(H,19,22)/t14-,18+/m1/s1. The monoisotopic (exact) mass is 332 g/mol. The van der Waals surface area contributed by atoms with E-state index in [0.29, 0.717) is 0 Å². The van der Waals surface area contributed by atoms with Crippen LogP contribution in [0.3, 0.4) is 0 Å². The van der Waals surface area contributed by atoms with Gasteiger partial charge in [-0.1, -0.05) is 30.3 Å². The highest BCUT2D eigenvalue weighted by molar-refractivity contribution is 6.10. The molecule has 2 amide bonds. The van der Waals surface area contributed by atoms with Crippen LogP contribution >= 0.6 is 0 Å². The van der Waals surface area contributed by atoms with Crippen LogP contribution in [-0.4, -0.2) is 40.4 Å². The normalized spacial score (nSPS) is 24.3. The molecule has 1 aromatic rings. The lowest BCUT2D eigenvalue weighted by molar-refractivity contribution is -0.184. The number of esters is 1. The summed E-state index contributed by atoms with van der Waals surface area (Å²) in [7, 11) is 0. The van der Waals surface area contributed by atoms with Gasteiger partial charge >= 0.3 is 5.97 Å². The molecular formula is C18H24N2O4. The van der Waals surface area contributed by atoms with Gasteiger partial charge < -0.3 is 15.0 Å². The van der Waals surface area contributed by atoms with Gasteiger partial charge in [0.05, 0.1) is 6.04 Å². The van der Waals surface area contributed by atoms with E-state index in [1.165, 1.54) is 18.7 Å². The Labute approximate surface area is 142 Å². The van der Waals surface area contributed by atoms with Crippen LogP contribution < -0.4 is 5.32 Å². The predicted molar refractivity (Wildman–Crippen MR) is 89.0 cm³/mol. The van der Waals surface area contributed by atoms with Gasteiger partial charge in [-0.15, -0.1) is 0 Å². The van der Waals surface area contributed by atoms with E-state index in [0.717, 1.165) is 5.56 Å². The first-order valence-corrected chi connectivity index (χ1v) is 7.92. The van der Waals surface area contributed by atoms with Crippen molar-refractivity contribution < 1.29 is 19.1 Å². The van der Waals surface area contributed by atoms with Crippen molar-refractivity contribution in [2.75, 3.05) is 6.61 Å². The molecule has 0 radical (unpaired) electrons. The smallest absolute Gasteiger partial charge is 0.341 e. The molecule has 1 heterocycles. The van der Waals surface area contributed by atoms with Crippen molar-refractivity contribution in [2.45, 2.75) is 51.7 Å². The Kier molecular flexibility index (Phi) is 4.69. The highest BCUT2D eigenvalue weighted by atomic mass is 16.5. The molecule has 1 aliphatic heterocycles. The average Bonchev–Trinajstić information content (AvgIpc) is 2.48. The van der Waals surface area contributed by atoms with E-state index >= 15 is 0 Å². The van der Waals surface area contributed by atoms with Gasteiger partial charge in [0.1, 0.15) is 6.61 Å². The third-order valence-corrected chi connectivity index (χ3v) is 4.02. The third kappa shape index (κ3) is 3.27. The van der Waals surface area contributed by atoms with Crippen molar-refractivity contribution in [3.05, 3.63) is 35.9 Å². The lowest BCUT2D eigenvalue weighted by atomic mass is 9.90. The lowest BCUT2D eigenvalue weighted by Crippen LogP contribution is -2.69. The number of cyclic esters (lactones) is 1. The largest absolute Gasteiger partial charge is 0.461 e. The van der Waals surface area contributed by atoms with E-state index in [1.54, 1.807) is 0 Å². The highest BCUT2D eigenvalue weighted by Gasteiger charge is 2.55. The maximum atomic E-state index is 12.8. The molecule has 6 heteroatoms. The van der Waals surface area contributed by atoms with Gasteiger partial charge in [-0.3, -0.25) is 9.59 Å². The van der Waals surface area contributed by atoms with Crippen LogP contribution in [0, 0.1) is 0 Å². The minimum absolute atomic E-state index is 0.0286. The van der Waals surface area contributed by atoms with E-state index in [4.69, 9.17) is 4.74 Å². The van der Waals surface area contributed by atoms with Crippen molar-refractivity contribution in [1.29, 1.82) is 0 Å². The number of benzene rings is 1. The fraction of sp³-hybridized carbons (Fsp3) is 0.500. The average molecular weight is 332 g/mol. The van der Waals surface area contributed by atoms with Gasteiger partial charge in [0.25, 0.3) is 5.91 Å². The molecule has 2 rings (SSSR count). The van der Waals surface area contributed by atoms with E-state index in [9.17, 15) is 14.4 Å². The summed E-state index contributed by atoms with van der Waals surface area (Å²) in [6.07, 6.45) is 0. The van der Waals surface area contributed by atoms with Crippen molar-refractivity contribution in [2.24, 2.45) is 0 Å². The summed E-state index contributed by atoms with van der Waals surface area (Å²) >= 11 is 0. The second-order valence-electron chi connectivity index (χ2n) is 7.19. The fourth-order valence-corrected chi connectivity index (χ4v) is 2.90. The third-order valence-electron chi connectivity index (χ3n) is 4.02. The zero-order valence-electron chi connectivity index (χ0n) is 14.8. The molecule has 0 aliphatic carbocycles. The molecule has 2 atom stereocenters. The Bertz CT molecular complexity index is 651. The number of hydrogen-bond acceptors (Lipinski definition) is 4. The van der Waals surface area contributed by atoms with Gasteiger partial charge in [0.2, 0.25) is 11.4 Å². The topological polar surface area (TPSA) is 75.7 Å². The Morgan fingerprint density at radius 3 is 2.33 bits per heavy atom. The minimum atomic E-state index is -1.71. The van der Waals surface area contributed by atoms with Gasteiger partial charge in [-0.2, -0.15) is 0 Å². The maximum absolute atomic E-state index is 12.8. The lowest BCUT2D eigenvalue weighted by Gasteiger charge is -2.46. The van der Waals surface area contributed by atoms with Gasteiger partial charge in [-0.25, -0.2) is 4.79 Å². The Morgan fingerprint density at radius 2 is 1.83 bits per heavy atom. The second kappa shape index (κ2) is 6.26. The molecule has 0 unspecified atom stereocenters. The number of hydrogen-bond donors (Lipinski definition) is 1. The zero-order valence-corrected chi connectivity index (χ0v) is 14.8. The van der Waals surface area contributed by atoms with E-state index in [-0.39, 0.29) is 12.5 Å². The van der Waals surface area contributed by atoms with Gasteiger partial charge in [-0.05, 0) is 33.3 Å². The predicted octanol–water partition coefficient (Wildman–Crippen LogP) is 1.81. The summed E-state index contributed by atoms with van der Waals surface area (Å²) in [4.78, 5) is 39.0. The first-order valence-electron chi connectivity index (χ1n) is 7.92. The number of nitrogens with zero attached hydrogens (tertiary/aromatic N) is 1. The minimum Gasteiger partial charge on any atom is -0.461 e. The van der Waals surface area contributed by atoms with Crippen molar-refractivity contribution in [3.8, 4) is 0 Å². The van der Waals surface area contributed by atoms with Gasteiger partial charge in [0, 0.05) is 12.5 Å². The molecule has 0 bridgehead atoms. The Balaban J connectivity index is 2.48. The van der Waals surface area contributed by atoms with Crippen molar-refractivity contribution in [3.63, 3.8) is 0 Å². The summed E-state index contributed by atoms with van der Waals surface area (Å²) < 4.78 is 5.28. The summed E-state index contributed by atoms with van der Waals surface area (Å²) in [5.41, 5.74) is -1.43. The Hall–Kier alpha value is -2.37. The molecule has 0 spiro atoms. The molecular weight excluding hydrogens is 308 g/mol. The quantitative estimate of drug-likeness (QED) is 0.662. The van der Waals surface area contributed by atoms with Crippen LogP contribution in [-0.2, 0) is 19.1 Å².